The maximum absolute atomic E-state index is 12.2. The van der Waals surface area contributed by atoms with Crippen LogP contribution in [0.25, 0.3) is 6.08 Å². The topological polar surface area (TPSA) is 41.6 Å². The molecule has 4 heteroatoms. The smallest absolute Gasteiger partial charge is 0.246 e. The van der Waals surface area contributed by atoms with Gasteiger partial charge in [0.25, 0.3) is 0 Å². The van der Waals surface area contributed by atoms with Crippen LogP contribution in [-0.2, 0) is 4.79 Å². The largest absolute Gasteiger partial charge is 0.496 e. The Morgan fingerprint density at radius 3 is 2.75 bits per heavy atom. The first-order valence-corrected chi connectivity index (χ1v) is 7.01. The summed E-state index contributed by atoms with van der Waals surface area (Å²) in [4.78, 5) is 14.0. The lowest BCUT2D eigenvalue weighted by atomic mass is 10.1. The van der Waals surface area contributed by atoms with E-state index in [1.54, 1.807) is 13.2 Å². The van der Waals surface area contributed by atoms with Crippen LogP contribution >= 0.6 is 0 Å². The molecule has 1 amide bonds. The zero-order chi connectivity index (χ0) is 14.4. The molecule has 0 aliphatic carbocycles. The van der Waals surface area contributed by atoms with Crippen LogP contribution in [0.3, 0.4) is 0 Å². The molecular weight excluding hydrogens is 252 g/mol. The molecule has 20 heavy (non-hydrogen) atoms. The molecule has 1 N–H and O–H groups in total. The van der Waals surface area contributed by atoms with Gasteiger partial charge in [0, 0.05) is 24.7 Å². The van der Waals surface area contributed by atoms with Gasteiger partial charge in [-0.1, -0.05) is 18.2 Å². The second kappa shape index (κ2) is 7.10. The molecule has 4 nitrogen and oxygen atoms in total. The monoisotopic (exact) mass is 274 g/mol. The minimum Gasteiger partial charge on any atom is -0.496 e. The van der Waals surface area contributed by atoms with Crippen molar-refractivity contribution in [2.45, 2.75) is 18.9 Å². The zero-order valence-electron chi connectivity index (χ0n) is 12.1. The van der Waals surface area contributed by atoms with Crippen LogP contribution in [0.4, 0.5) is 0 Å². The van der Waals surface area contributed by atoms with Gasteiger partial charge in [0.1, 0.15) is 5.75 Å². The van der Waals surface area contributed by atoms with Gasteiger partial charge in [0.2, 0.25) is 5.91 Å². The van der Waals surface area contributed by atoms with Gasteiger partial charge in [-0.05, 0) is 38.1 Å². The molecule has 1 saturated heterocycles. The number of piperidine rings is 1. The number of nitrogens with one attached hydrogen (secondary N) is 1. The maximum atomic E-state index is 12.2. The van der Waals surface area contributed by atoms with E-state index in [-0.39, 0.29) is 5.91 Å². The van der Waals surface area contributed by atoms with E-state index in [0.29, 0.717) is 6.04 Å². The summed E-state index contributed by atoms with van der Waals surface area (Å²) in [6.45, 7) is 1.97. The summed E-state index contributed by atoms with van der Waals surface area (Å²) in [6, 6.07) is 8.02. The Bertz CT molecular complexity index is 479. The summed E-state index contributed by atoms with van der Waals surface area (Å²) in [5.41, 5.74) is 0.919. The van der Waals surface area contributed by atoms with E-state index in [4.69, 9.17) is 4.74 Å². The first kappa shape index (κ1) is 14.6. The summed E-state index contributed by atoms with van der Waals surface area (Å²) < 4.78 is 5.27. The molecule has 1 aromatic carbocycles. The Morgan fingerprint density at radius 2 is 2.05 bits per heavy atom. The van der Waals surface area contributed by atoms with E-state index in [2.05, 4.69) is 5.32 Å². The van der Waals surface area contributed by atoms with Crippen molar-refractivity contribution in [3.63, 3.8) is 0 Å². The Hall–Kier alpha value is -1.81. The fourth-order valence-corrected chi connectivity index (χ4v) is 2.46. The molecule has 1 heterocycles. The second-order valence-corrected chi connectivity index (χ2v) is 5.01. The highest BCUT2D eigenvalue weighted by Crippen LogP contribution is 2.19. The van der Waals surface area contributed by atoms with E-state index >= 15 is 0 Å². The highest BCUT2D eigenvalue weighted by Gasteiger charge is 2.20. The van der Waals surface area contributed by atoms with Crippen molar-refractivity contribution in [3.8, 4) is 5.75 Å². The third kappa shape index (κ3) is 3.61. The van der Waals surface area contributed by atoms with Crippen molar-refractivity contribution >= 4 is 12.0 Å². The van der Waals surface area contributed by atoms with Crippen molar-refractivity contribution in [2.24, 2.45) is 0 Å². The summed E-state index contributed by atoms with van der Waals surface area (Å²) in [6.07, 6.45) is 5.48. The van der Waals surface area contributed by atoms with Crippen LogP contribution in [0.1, 0.15) is 18.4 Å². The molecular formula is C16H22N2O2. The van der Waals surface area contributed by atoms with E-state index < -0.39 is 0 Å². The average Bonchev–Trinajstić information content (AvgIpc) is 2.53. The molecule has 2 rings (SSSR count). The van der Waals surface area contributed by atoms with Gasteiger partial charge in [0.15, 0.2) is 0 Å². The van der Waals surface area contributed by atoms with Gasteiger partial charge in [-0.15, -0.1) is 0 Å². The maximum Gasteiger partial charge on any atom is 0.246 e. The lowest BCUT2D eigenvalue weighted by molar-refractivity contribution is -0.127. The third-order valence-corrected chi connectivity index (χ3v) is 3.75. The summed E-state index contributed by atoms with van der Waals surface area (Å²) in [5.74, 6) is 0.823. The molecule has 0 radical (unpaired) electrons. The van der Waals surface area contributed by atoms with Crippen LogP contribution in [0.5, 0.6) is 5.75 Å². The number of ether oxygens (including phenoxy) is 1. The normalized spacial score (nSPS) is 16.3. The van der Waals surface area contributed by atoms with Gasteiger partial charge in [0.05, 0.1) is 7.11 Å². The summed E-state index contributed by atoms with van der Waals surface area (Å²) in [5, 5.41) is 3.31. The number of nitrogens with zero attached hydrogens (tertiary/aromatic N) is 1. The van der Waals surface area contributed by atoms with E-state index in [1.807, 2.05) is 42.3 Å². The standard InChI is InChI=1S/C16H22N2O2/c1-18(14-9-11-17-12-10-14)16(19)8-7-13-5-3-4-6-15(13)20-2/h3-8,14,17H,9-12H2,1-2H3. The molecule has 1 fully saturated rings. The van der Waals surface area contributed by atoms with Gasteiger partial charge >= 0.3 is 0 Å². The predicted octanol–water partition coefficient (Wildman–Crippen LogP) is 1.92. The first-order chi connectivity index (χ1) is 9.72. The highest BCUT2D eigenvalue weighted by molar-refractivity contribution is 5.92. The highest BCUT2D eigenvalue weighted by atomic mass is 16.5. The second-order valence-electron chi connectivity index (χ2n) is 5.01. The van der Waals surface area contributed by atoms with Gasteiger partial charge in [-0.2, -0.15) is 0 Å². The third-order valence-electron chi connectivity index (χ3n) is 3.75. The van der Waals surface area contributed by atoms with Gasteiger partial charge in [-0.3, -0.25) is 4.79 Å². The Morgan fingerprint density at radius 1 is 1.35 bits per heavy atom. The van der Waals surface area contributed by atoms with Crippen molar-refractivity contribution in [1.82, 2.24) is 10.2 Å². The van der Waals surface area contributed by atoms with Crippen molar-refractivity contribution in [1.29, 1.82) is 0 Å². The van der Waals surface area contributed by atoms with Gasteiger partial charge < -0.3 is 15.0 Å². The molecule has 1 aliphatic rings. The fraction of sp³-hybridized carbons (Fsp3) is 0.438. The molecule has 1 aromatic rings. The predicted molar refractivity (Wildman–Crippen MR) is 80.7 cm³/mol. The molecule has 0 atom stereocenters. The number of amides is 1. The molecule has 0 spiro atoms. The van der Waals surface area contributed by atoms with E-state index in [1.165, 1.54) is 0 Å². The summed E-state index contributed by atoms with van der Waals surface area (Å²) in [7, 11) is 3.51. The number of hydrogen-bond donors (Lipinski definition) is 1. The quantitative estimate of drug-likeness (QED) is 0.853. The van der Waals surface area contributed by atoms with Crippen LogP contribution < -0.4 is 10.1 Å². The minimum absolute atomic E-state index is 0.0443. The molecule has 0 unspecified atom stereocenters. The van der Waals surface area contributed by atoms with Crippen molar-refractivity contribution < 1.29 is 9.53 Å². The molecule has 108 valence electrons. The number of carbonyl (C=O) groups excluding carboxylic acids is 1. The number of methoxy groups -OCH3 is 1. The van der Waals surface area contributed by atoms with Crippen LogP contribution in [0, 0.1) is 0 Å². The van der Waals surface area contributed by atoms with E-state index in [0.717, 1.165) is 37.2 Å². The molecule has 0 aromatic heterocycles. The number of hydrogen-bond acceptors (Lipinski definition) is 3. The lowest BCUT2D eigenvalue weighted by Gasteiger charge is -2.30. The molecule has 1 aliphatic heterocycles. The minimum atomic E-state index is 0.0443. The SMILES string of the molecule is COc1ccccc1C=CC(=O)N(C)C1CCNCC1. The average molecular weight is 274 g/mol. The number of para-hydroxylation sites is 1. The Labute approximate surface area is 120 Å². The molecule has 0 saturated carbocycles. The Balaban J connectivity index is 2.00. The Kier molecular flexibility index (Phi) is 5.18. The van der Waals surface area contributed by atoms with Crippen LogP contribution in [0.2, 0.25) is 0 Å². The first-order valence-electron chi connectivity index (χ1n) is 7.01. The number of benzene rings is 1. The summed E-state index contributed by atoms with van der Waals surface area (Å²) >= 11 is 0. The van der Waals surface area contributed by atoms with E-state index in [9.17, 15) is 4.79 Å². The number of carbonyl (C=O) groups is 1. The van der Waals surface area contributed by atoms with Crippen LogP contribution in [-0.4, -0.2) is 44.1 Å². The molecule has 0 bridgehead atoms. The fourth-order valence-electron chi connectivity index (χ4n) is 2.46. The lowest BCUT2D eigenvalue weighted by Crippen LogP contribution is -2.43. The van der Waals surface area contributed by atoms with Gasteiger partial charge in [-0.25, -0.2) is 0 Å². The van der Waals surface area contributed by atoms with Crippen molar-refractivity contribution in [2.75, 3.05) is 27.2 Å². The van der Waals surface area contributed by atoms with Crippen LogP contribution in [0.15, 0.2) is 30.3 Å². The van der Waals surface area contributed by atoms with Crippen molar-refractivity contribution in [3.05, 3.63) is 35.9 Å². The number of likely N-dealkylation sites (N-methyl/N-ethyl adjacent to an activating group) is 1. The number of rotatable bonds is 4. The zero-order valence-corrected chi connectivity index (χ0v) is 12.1.